The van der Waals surface area contributed by atoms with E-state index in [2.05, 4.69) is 39.0 Å². The third-order valence-electron chi connectivity index (χ3n) is 5.11. The van der Waals surface area contributed by atoms with Gasteiger partial charge in [-0.15, -0.1) is 0 Å². The predicted molar refractivity (Wildman–Crippen MR) is 122 cm³/mol. The van der Waals surface area contributed by atoms with E-state index in [1.807, 2.05) is 24.4 Å². The standard InChI is InChI=1S/C18H21N5O.2C2HF3O2/c1-11-6-12(2)10-23(9-11)18-21-15(17(24)22-18)7-13-8-20-16-14(13)4-3-5-19-16;2*3-2(4,5)1(6)7/h3-5,7-8,11-12H,6,9-10H2,1-2H3,(H,19,20)(H,21,22,24);2*(H,6,7)/b15-7-;;. The summed E-state index contributed by atoms with van der Waals surface area (Å²) in [5.74, 6) is -3.75. The number of aromatic nitrogens is 2. The first-order valence-electron chi connectivity index (χ1n) is 10.9. The number of nitrogens with one attached hydrogen (secondary N) is 2. The van der Waals surface area contributed by atoms with E-state index < -0.39 is 24.3 Å². The highest BCUT2D eigenvalue weighted by Crippen LogP contribution is 2.24. The maximum Gasteiger partial charge on any atom is 0.490 e. The van der Waals surface area contributed by atoms with Crippen molar-refractivity contribution in [3.05, 3.63) is 35.8 Å². The zero-order valence-electron chi connectivity index (χ0n) is 19.9. The first kappa shape index (κ1) is 30.1. The number of piperidine rings is 1. The normalized spacial score (nSPS) is 20.6. The van der Waals surface area contributed by atoms with E-state index in [0.717, 1.165) is 29.7 Å². The highest BCUT2D eigenvalue weighted by molar-refractivity contribution is 6.14. The maximum atomic E-state index is 12.3. The average molecular weight is 551 g/mol. The number of amides is 1. The van der Waals surface area contributed by atoms with Crippen LogP contribution in [0.1, 0.15) is 25.8 Å². The number of hydrogen-bond acceptors (Lipinski definition) is 6. The topological polar surface area (TPSA) is 148 Å². The Bertz CT molecular complexity index is 1200. The number of aromatic amines is 1. The fourth-order valence-corrected chi connectivity index (χ4v) is 3.69. The fourth-order valence-electron chi connectivity index (χ4n) is 3.69. The van der Waals surface area contributed by atoms with Crippen LogP contribution in [0.2, 0.25) is 0 Å². The molecule has 0 saturated carbocycles. The van der Waals surface area contributed by atoms with Crippen molar-refractivity contribution in [2.75, 3.05) is 13.1 Å². The van der Waals surface area contributed by atoms with Crippen molar-refractivity contribution in [3.8, 4) is 0 Å². The smallest absolute Gasteiger partial charge is 0.475 e. The number of pyridine rings is 1. The Morgan fingerprint density at radius 1 is 1.05 bits per heavy atom. The molecule has 16 heteroatoms. The SMILES string of the molecule is CC1CC(C)CN(C2=N/C(=C\c3c[nH]c4ncccc34)C(=O)N2)C1.O=C(O)C(F)(F)F.O=C(O)C(F)(F)F. The Morgan fingerprint density at radius 3 is 2.08 bits per heavy atom. The fraction of sp³-hybridized carbons (Fsp3) is 0.409. The van der Waals surface area contributed by atoms with Gasteiger partial charge in [0.1, 0.15) is 11.3 Å². The van der Waals surface area contributed by atoms with E-state index in [-0.39, 0.29) is 5.91 Å². The van der Waals surface area contributed by atoms with Gasteiger partial charge >= 0.3 is 24.3 Å². The summed E-state index contributed by atoms with van der Waals surface area (Å²) in [6.45, 7) is 6.37. The third kappa shape index (κ3) is 8.48. The number of rotatable bonds is 1. The minimum Gasteiger partial charge on any atom is -0.475 e. The molecule has 4 rings (SSSR count). The molecule has 2 aliphatic rings. The Kier molecular flexibility index (Phi) is 9.48. The van der Waals surface area contributed by atoms with Crippen molar-refractivity contribution in [2.45, 2.75) is 32.6 Å². The molecule has 4 heterocycles. The van der Waals surface area contributed by atoms with Crippen LogP contribution in [0.25, 0.3) is 17.1 Å². The number of aliphatic imine (C=N–C) groups is 1. The number of alkyl halides is 6. The molecule has 1 saturated heterocycles. The minimum atomic E-state index is -5.08. The number of halogens is 6. The van der Waals surface area contributed by atoms with Crippen molar-refractivity contribution in [1.82, 2.24) is 20.2 Å². The Morgan fingerprint density at radius 2 is 1.58 bits per heavy atom. The molecular weight excluding hydrogens is 528 g/mol. The zero-order valence-corrected chi connectivity index (χ0v) is 19.9. The molecule has 2 aromatic heterocycles. The van der Waals surface area contributed by atoms with Gasteiger partial charge in [-0.1, -0.05) is 13.8 Å². The second kappa shape index (κ2) is 12.0. The van der Waals surface area contributed by atoms with Gasteiger partial charge in [0.05, 0.1) is 0 Å². The molecule has 10 nitrogen and oxygen atoms in total. The van der Waals surface area contributed by atoms with Crippen LogP contribution in [-0.4, -0.2) is 74.3 Å². The average Bonchev–Trinajstić information content (AvgIpc) is 3.36. The van der Waals surface area contributed by atoms with Gasteiger partial charge in [0.25, 0.3) is 5.91 Å². The van der Waals surface area contributed by atoms with Crippen molar-refractivity contribution in [2.24, 2.45) is 16.8 Å². The number of carboxylic acid groups (broad SMARTS) is 2. The van der Waals surface area contributed by atoms with Crippen LogP contribution >= 0.6 is 0 Å². The number of hydrogen-bond donors (Lipinski definition) is 4. The molecule has 0 spiro atoms. The van der Waals surface area contributed by atoms with E-state index in [1.165, 1.54) is 6.42 Å². The first-order valence-corrected chi connectivity index (χ1v) is 10.9. The Labute approximate surface area is 211 Å². The molecule has 4 N–H and O–H groups in total. The van der Waals surface area contributed by atoms with Crippen LogP contribution in [0.3, 0.4) is 0 Å². The lowest BCUT2D eigenvalue weighted by Crippen LogP contribution is -2.47. The van der Waals surface area contributed by atoms with Gasteiger partial charge in [0.15, 0.2) is 0 Å². The van der Waals surface area contributed by atoms with Crippen LogP contribution in [0.4, 0.5) is 26.3 Å². The molecule has 2 aromatic rings. The van der Waals surface area contributed by atoms with Crippen molar-refractivity contribution in [3.63, 3.8) is 0 Å². The molecule has 2 atom stereocenters. The summed E-state index contributed by atoms with van der Waals surface area (Å²) in [7, 11) is 0. The maximum absolute atomic E-state index is 12.3. The Hall–Kier alpha value is -4.11. The quantitative estimate of drug-likeness (QED) is 0.313. The summed E-state index contributed by atoms with van der Waals surface area (Å²) in [6.07, 6.45) is -3.52. The lowest BCUT2D eigenvalue weighted by molar-refractivity contribution is -0.193. The van der Waals surface area contributed by atoms with Gasteiger partial charge in [0.2, 0.25) is 5.96 Å². The van der Waals surface area contributed by atoms with E-state index >= 15 is 0 Å². The Balaban J connectivity index is 0.000000301. The van der Waals surface area contributed by atoms with Gasteiger partial charge in [0, 0.05) is 36.4 Å². The van der Waals surface area contributed by atoms with Crippen molar-refractivity contribution in [1.29, 1.82) is 0 Å². The largest absolute Gasteiger partial charge is 0.490 e. The second-order valence-electron chi connectivity index (χ2n) is 8.52. The molecule has 2 unspecified atom stereocenters. The van der Waals surface area contributed by atoms with E-state index in [4.69, 9.17) is 19.8 Å². The van der Waals surface area contributed by atoms with Crippen LogP contribution in [-0.2, 0) is 14.4 Å². The molecule has 0 bridgehead atoms. The van der Waals surface area contributed by atoms with Crippen LogP contribution in [0, 0.1) is 11.8 Å². The van der Waals surface area contributed by atoms with Crippen LogP contribution < -0.4 is 5.32 Å². The number of carbonyl (C=O) groups is 3. The van der Waals surface area contributed by atoms with Crippen LogP contribution in [0.15, 0.2) is 35.2 Å². The summed E-state index contributed by atoms with van der Waals surface area (Å²) in [5, 5.41) is 18.2. The number of likely N-dealkylation sites (tertiary alicyclic amines) is 1. The number of guanidine groups is 1. The predicted octanol–water partition coefficient (Wildman–Crippen LogP) is 3.63. The summed E-state index contributed by atoms with van der Waals surface area (Å²) in [4.78, 5) is 44.2. The van der Waals surface area contributed by atoms with E-state index in [0.29, 0.717) is 23.5 Å². The molecule has 0 radical (unpaired) electrons. The molecule has 38 heavy (non-hydrogen) atoms. The lowest BCUT2D eigenvalue weighted by atomic mass is 9.92. The number of fused-ring (bicyclic) bond motifs is 1. The van der Waals surface area contributed by atoms with E-state index in [9.17, 15) is 31.1 Å². The van der Waals surface area contributed by atoms with Crippen LogP contribution in [0.5, 0.6) is 0 Å². The molecule has 1 amide bonds. The number of nitrogens with zero attached hydrogens (tertiary/aromatic N) is 3. The molecule has 0 aromatic carbocycles. The van der Waals surface area contributed by atoms with Gasteiger partial charge < -0.3 is 20.1 Å². The zero-order chi connectivity index (χ0) is 28.8. The number of carboxylic acids is 2. The molecular formula is C22H23F6N5O5. The minimum absolute atomic E-state index is 0.144. The molecule has 2 aliphatic heterocycles. The summed E-state index contributed by atoms with van der Waals surface area (Å²) in [6, 6.07) is 3.87. The molecule has 0 aliphatic carbocycles. The van der Waals surface area contributed by atoms with Crippen molar-refractivity contribution >= 4 is 40.9 Å². The summed E-state index contributed by atoms with van der Waals surface area (Å²) in [5.41, 5.74) is 2.18. The third-order valence-corrected chi connectivity index (χ3v) is 5.11. The van der Waals surface area contributed by atoms with Gasteiger partial charge in [-0.25, -0.2) is 19.6 Å². The van der Waals surface area contributed by atoms with Gasteiger partial charge in [-0.3, -0.25) is 10.1 Å². The highest BCUT2D eigenvalue weighted by atomic mass is 19.4. The summed E-state index contributed by atoms with van der Waals surface area (Å²) < 4.78 is 63.5. The number of aliphatic carboxylic acids is 2. The van der Waals surface area contributed by atoms with Gasteiger partial charge in [-0.05, 0) is 36.5 Å². The monoisotopic (exact) mass is 551 g/mol. The number of H-pyrrole nitrogens is 1. The number of carbonyl (C=O) groups excluding carboxylic acids is 1. The van der Waals surface area contributed by atoms with Crippen molar-refractivity contribution < 1.29 is 50.9 Å². The summed E-state index contributed by atoms with van der Waals surface area (Å²) >= 11 is 0. The van der Waals surface area contributed by atoms with Gasteiger partial charge in [-0.2, -0.15) is 26.3 Å². The molecule has 1 fully saturated rings. The lowest BCUT2D eigenvalue weighted by Gasteiger charge is -2.35. The molecule has 208 valence electrons. The highest BCUT2D eigenvalue weighted by Gasteiger charge is 2.39. The first-order chi connectivity index (χ1) is 17.5. The second-order valence-corrected chi connectivity index (χ2v) is 8.52. The van der Waals surface area contributed by atoms with E-state index in [1.54, 1.807) is 6.20 Å².